The highest BCUT2D eigenvalue weighted by atomic mass is 16.5. The van der Waals surface area contributed by atoms with Crippen molar-refractivity contribution in [3.05, 3.63) is 35.4 Å². The van der Waals surface area contributed by atoms with E-state index in [-0.39, 0.29) is 29.2 Å². The Kier molecular flexibility index (Phi) is 4.02. The van der Waals surface area contributed by atoms with Gasteiger partial charge in [-0.25, -0.2) is 9.78 Å². The van der Waals surface area contributed by atoms with E-state index in [0.717, 1.165) is 0 Å². The zero-order valence-corrected chi connectivity index (χ0v) is 12.5. The number of nitrogen functional groups attached to an aromatic ring is 1. The summed E-state index contributed by atoms with van der Waals surface area (Å²) >= 11 is 0. The van der Waals surface area contributed by atoms with E-state index in [0.29, 0.717) is 24.0 Å². The maximum Gasteiger partial charge on any atom is 0.345 e. The third kappa shape index (κ3) is 2.98. The zero-order chi connectivity index (χ0) is 17.3. The van der Waals surface area contributed by atoms with E-state index in [2.05, 4.69) is 9.97 Å². The number of rotatable bonds is 4. The molecule has 1 aromatic carbocycles. The molecule has 0 radical (unpaired) electrons. The molecule has 24 heavy (non-hydrogen) atoms. The Bertz CT molecular complexity index is 840. The van der Waals surface area contributed by atoms with Crippen LogP contribution in [0.25, 0.3) is 11.4 Å². The highest BCUT2D eigenvalue weighted by Gasteiger charge is 2.32. The zero-order valence-electron chi connectivity index (χ0n) is 12.5. The molecule has 1 aromatic heterocycles. The summed E-state index contributed by atoms with van der Waals surface area (Å²) in [4.78, 5) is 19.6. The van der Waals surface area contributed by atoms with E-state index in [4.69, 9.17) is 15.7 Å². The van der Waals surface area contributed by atoms with Gasteiger partial charge in [-0.3, -0.25) is 0 Å². The molecule has 122 valence electrons. The molecular weight excluding hydrogens is 312 g/mol. The van der Waals surface area contributed by atoms with Crippen LogP contribution in [0.4, 0.5) is 5.82 Å². The van der Waals surface area contributed by atoms with Crippen molar-refractivity contribution >= 4 is 11.8 Å². The Morgan fingerprint density at radius 2 is 2.12 bits per heavy atom. The molecule has 0 unspecified atom stereocenters. The van der Waals surface area contributed by atoms with Crippen LogP contribution in [0.5, 0.6) is 5.88 Å². The Morgan fingerprint density at radius 3 is 2.75 bits per heavy atom. The first-order chi connectivity index (χ1) is 11.5. The molecule has 8 nitrogen and oxygen atoms in total. The fourth-order valence-electron chi connectivity index (χ4n) is 2.39. The van der Waals surface area contributed by atoms with Crippen molar-refractivity contribution in [3.8, 4) is 23.3 Å². The molecule has 1 saturated carbocycles. The summed E-state index contributed by atoms with van der Waals surface area (Å²) < 4.78 is 5.58. The Balaban J connectivity index is 2.03. The molecule has 0 spiro atoms. The fourth-order valence-corrected chi connectivity index (χ4v) is 2.39. The summed E-state index contributed by atoms with van der Waals surface area (Å²) in [6.45, 7) is 0. The monoisotopic (exact) mass is 326 g/mol. The van der Waals surface area contributed by atoms with Crippen LogP contribution in [0.15, 0.2) is 24.3 Å². The van der Waals surface area contributed by atoms with Crippen LogP contribution < -0.4 is 10.5 Å². The normalized spacial score (nSPS) is 19.2. The number of carboxylic acid groups (broad SMARTS) is 1. The molecule has 8 heteroatoms. The molecule has 0 atom stereocenters. The van der Waals surface area contributed by atoms with E-state index >= 15 is 0 Å². The van der Waals surface area contributed by atoms with E-state index in [1.54, 1.807) is 24.3 Å². The van der Waals surface area contributed by atoms with Crippen molar-refractivity contribution in [2.75, 3.05) is 5.73 Å². The number of anilines is 1. The van der Waals surface area contributed by atoms with Crippen molar-refractivity contribution in [2.24, 2.45) is 0 Å². The van der Waals surface area contributed by atoms with Gasteiger partial charge in [0.1, 0.15) is 11.9 Å². The molecule has 1 heterocycles. The molecular formula is C16H14N4O4. The van der Waals surface area contributed by atoms with E-state index in [1.165, 1.54) is 0 Å². The lowest BCUT2D eigenvalue weighted by Crippen LogP contribution is -2.38. The number of hydrogen-bond donors (Lipinski definition) is 3. The van der Waals surface area contributed by atoms with Crippen molar-refractivity contribution < 1.29 is 19.7 Å². The predicted octanol–water partition coefficient (Wildman–Crippen LogP) is 1.20. The quantitative estimate of drug-likeness (QED) is 0.760. The lowest BCUT2D eigenvalue weighted by atomic mass is 9.92. The van der Waals surface area contributed by atoms with Gasteiger partial charge in [0, 0.05) is 18.4 Å². The third-order valence-electron chi connectivity index (χ3n) is 3.72. The molecule has 1 aliphatic rings. The second-order valence-electron chi connectivity index (χ2n) is 5.48. The number of carboxylic acids is 1. The molecule has 4 N–H and O–H groups in total. The second kappa shape index (κ2) is 6.14. The van der Waals surface area contributed by atoms with Crippen LogP contribution in [-0.2, 0) is 0 Å². The largest absolute Gasteiger partial charge is 0.477 e. The molecule has 3 rings (SSSR count). The number of hydrogen-bond acceptors (Lipinski definition) is 7. The SMILES string of the molecule is N#Cc1cccc(-c2nc(N)c(C(=O)O)c(OC3CC(O)C3)n2)c1. The van der Waals surface area contributed by atoms with Gasteiger partial charge >= 0.3 is 5.97 Å². The average molecular weight is 326 g/mol. The number of nitrogens with two attached hydrogens (primary N) is 1. The van der Waals surface area contributed by atoms with Gasteiger partial charge in [-0.2, -0.15) is 10.2 Å². The van der Waals surface area contributed by atoms with Crippen molar-refractivity contribution in [1.82, 2.24) is 9.97 Å². The smallest absolute Gasteiger partial charge is 0.345 e. The minimum Gasteiger partial charge on any atom is -0.477 e. The van der Waals surface area contributed by atoms with Crippen LogP contribution in [0, 0.1) is 11.3 Å². The van der Waals surface area contributed by atoms with Crippen LogP contribution in [0.1, 0.15) is 28.8 Å². The topological polar surface area (TPSA) is 142 Å². The van der Waals surface area contributed by atoms with Gasteiger partial charge in [0.15, 0.2) is 11.4 Å². The van der Waals surface area contributed by atoms with Gasteiger partial charge in [-0.05, 0) is 12.1 Å². The minimum atomic E-state index is -1.29. The molecule has 0 aliphatic heterocycles. The number of benzene rings is 1. The maximum absolute atomic E-state index is 11.4. The first-order valence-electron chi connectivity index (χ1n) is 7.24. The number of aromatic nitrogens is 2. The van der Waals surface area contributed by atoms with Gasteiger partial charge in [0.2, 0.25) is 5.88 Å². The minimum absolute atomic E-state index is 0.135. The summed E-state index contributed by atoms with van der Waals surface area (Å²) in [5.74, 6) is -1.47. The van der Waals surface area contributed by atoms with E-state index in [9.17, 15) is 15.0 Å². The Morgan fingerprint density at radius 1 is 1.38 bits per heavy atom. The standard InChI is InChI=1S/C16H14N4O4/c17-7-8-2-1-3-9(4-8)14-19-13(18)12(16(22)23)15(20-14)24-11-5-10(21)6-11/h1-4,10-11,21H,5-6H2,(H,22,23)(H2,18,19,20). The van der Waals surface area contributed by atoms with Crippen LogP contribution in [0.3, 0.4) is 0 Å². The van der Waals surface area contributed by atoms with E-state index in [1.807, 2.05) is 6.07 Å². The Hall–Kier alpha value is -3.18. The summed E-state index contributed by atoms with van der Waals surface area (Å²) in [6, 6.07) is 8.57. The second-order valence-corrected chi connectivity index (χ2v) is 5.48. The number of aromatic carboxylic acids is 1. The van der Waals surface area contributed by atoms with Crippen LogP contribution in [-0.4, -0.2) is 38.4 Å². The molecule has 0 amide bonds. The highest BCUT2D eigenvalue weighted by molar-refractivity contribution is 5.95. The fraction of sp³-hybridized carbons (Fsp3) is 0.250. The van der Waals surface area contributed by atoms with Crippen LogP contribution >= 0.6 is 0 Å². The van der Waals surface area contributed by atoms with Gasteiger partial charge in [-0.15, -0.1) is 0 Å². The summed E-state index contributed by atoms with van der Waals surface area (Å²) in [6.07, 6.45) is 0.0460. The predicted molar refractivity (Wildman–Crippen MR) is 83.2 cm³/mol. The first-order valence-corrected chi connectivity index (χ1v) is 7.24. The van der Waals surface area contributed by atoms with Crippen LogP contribution in [0.2, 0.25) is 0 Å². The molecule has 0 bridgehead atoms. The molecule has 0 saturated heterocycles. The molecule has 1 aliphatic carbocycles. The highest BCUT2D eigenvalue weighted by Crippen LogP contribution is 2.31. The van der Waals surface area contributed by atoms with Gasteiger partial charge in [-0.1, -0.05) is 12.1 Å². The van der Waals surface area contributed by atoms with Crippen molar-refractivity contribution in [2.45, 2.75) is 25.0 Å². The van der Waals surface area contributed by atoms with Crippen molar-refractivity contribution in [3.63, 3.8) is 0 Å². The molecule has 1 fully saturated rings. The number of nitrogens with zero attached hydrogens (tertiary/aromatic N) is 3. The molecule has 2 aromatic rings. The summed E-state index contributed by atoms with van der Waals surface area (Å²) in [5.41, 5.74) is 6.40. The lowest BCUT2D eigenvalue weighted by Gasteiger charge is -2.31. The van der Waals surface area contributed by atoms with Crippen molar-refractivity contribution in [1.29, 1.82) is 5.26 Å². The number of aliphatic hydroxyl groups excluding tert-OH is 1. The number of ether oxygens (including phenoxy) is 1. The first kappa shape index (κ1) is 15.7. The number of carbonyl (C=O) groups is 1. The average Bonchev–Trinajstić information content (AvgIpc) is 2.52. The third-order valence-corrected chi connectivity index (χ3v) is 3.72. The van der Waals surface area contributed by atoms with Gasteiger partial charge < -0.3 is 20.7 Å². The Labute approximate surface area is 137 Å². The number of aliphatic hydroxyl groups is 1. The lowest BCUT2D eigenvalue weighted by molar-refractivity contribution is -0.0132. The van der Waals surface area contributed by atoms with Gasteiger partial charge in [0.05, 0.1) is 17.7 Å². The maximum atomic E-state index is 11.4. The van der Waals surface area contributed by atoms with E-state index < -0.39 is 12.1 Å². The summed E-state index contributed by atoms with van der Waals surface area (Å²) in [7, 11) is 0. The van der Waals surface area contributed by atoms with Gasteiger partial charge in [0.25, 0.3) is 0 Å². The summed E-state index contributed by atoms with van der Waals surface area (Å²) in [5, 5.41) is 27.6. The number of nitriles is 1.